The smallest absolute Gasteiger partial charge is 0.266 e. The molecule has 37 heavy (non-hydrogen) atoms. The van der Waals surface area contributed by atoms with E-state index in [0.717, 1.165) is 16.3 Å². The number of nitriles is 1. The van der Waals surface area contributed by atoms with Crippen LogP contribution in [0.1, 0.15) is 18.1 Å². The van der Waals surface area contributed by atoms with E-state index in [4.69, 9.17) is 44.3 Å². The second-order valence-corrected chi connectivity index (χ2v) is 9.13. The summed E-state index contributed by atoms with van der Waals surface area (Å²) in [6, 6.07) is 24.1. The summed E-state index contributed by atoms with van der Waals surface area (Å²) in [6.45, 7) is 2.48. The van der Waals surface area contributed by atoms with Gasteiger partial charge in [-0.05, 0) is 59.2 Å². The van der Waals surface area contributed by atoms with Gasteiger partial charge in [0.2, 0.25) is 0 Å². The Labute approximate surface area is 229 Å². The standard InChI is InChI=1S/C29H21Cl3N2O3/c1-2-36-26-15-18(13-21(16-33)29(35)34-27-23(30)11-6-12-24(27)31)14-25(32)28(26)37-17-20-9-5-8-19-7-3-4-10-22(19)20/h3-15H,2,17H2,1H3,(H,34,35)/b21-13+. The number of ether oxygens (including phenoxy) is 2. The van der Waals surface area contributed by atoms with Gasteiger partial charge in [-0.25, -0.2) is 0 Å². The van der Waals surface area contributed by atoms with Crippen LogP contribution >= 0.6 is 34.8 Å². The minimum absolute atomic E-state index is 0.168. The molecule has 8 heteroatoms. The molecular weight excluding hydrogens is 531 g/mol. The predicted octanol–water partition coefficient (Wildman–Crippen LogP) is 8.32. The van der Waals surface area contributed by atoms with Crippen molar-refractivity contribution in [2.24, 2.45) is 0 Å². The molecule has 5 nitrogen and oxygen atoms in total. The van der Waals surface area contributed by atoms with Crippen LogP contribution in [-0.4, -0.2) is 12.5 Å². The number of carbonyl (C=O) groups excluding carboxylic acids is 1. The Kier molecular flexibility index (Phi) is 8.58. The van der Waals surface area contributed by atoms with Gasteiger partial charge in [0.05, 0.1) is 27.4 Å². The van der Waals surface area contributed by atoms with Crippen molar-refractivity contribution in [2.75, 3.05) is 11.9 Å². The zero-order chi connectivity index (χ0) is 26.4. The maximum absolute atomic E-state index is 12.8. The fourth-order valence-corrected chi connectivity index (χ4v) is 4.52. The molecule has 4 rings (SSSR count). The third-order valence-electron chi connectivity index (χ3n) is 5.46. The number of benzene rings is 4. The largest absolute Gasteiger partial charge is 0.490 e. The molecule has 0 aromatic heterocycles. The van der Waals surface area contributed by atoms with E-state index in [2.05, 4.69) is 5.32 Å². The van der Waals surface area contributed by atoms with Crippen LogP contribution in [0.25, 0.3) is 16.8 Å². The summed E-state index contributed by atoms with van der Waals surface area (Å²) in [4.78, 5) is 12.8. The summed E-state index contributed by atoms with van der Waals surface area (Å²) >= 11 is 18.8. The van der Waals surface area contributed by atoms with Gasteiger partial charge in [-0.1, -0.05) is 83.3 Å². The highest BCUT2D eigenvalue weighted by Gasteiger charge is 2.17. The van der Waals surface area contributed by atoms with Crippen LogP contribution in [-0.2, 0) is 11.4 Å². The number of anilines is 1. The first kappa shape index (κ1) is 26.4. The molecule has 0 saturated heterocycles. The highest BCUT2D eigenvalue weighted by Crippen LogP contribution is 2.38. The summed E-state index contributed by atoms with van der Waals surface area (Å²) in [6.07, 6.45) is 1.41. The molecule has 0 aliphatic heterocycles. The van der Waals surface area contributed by atoms with Crippen molar-refractivity contribution in [3.63, 3.8) is 0 Å². The quantitative estimate of drug-likeness (QED) is 0.176. The maximum Gasteiger partial charge on any atom is 0.266 e. The normalized spacial score (nSPS) is 11.2. The predicted molar refractivity (Wildman–Crippen MR) is 150 cm³/mol. The summed E-state index contributed by atoms with van der Waals surface area (Å²) in [5, 5.41) is 15.2. The first-order valence-corrected chi connectivity index (χ1v) is 12.5. The Balaban J connectivity index is 1.61. The molecular formula is C29H21Cl3N2O3. The van der Waals surface area contributed by atoms with Gasteiger partial charge in [0.15, 0.2) is 11.5 Å². The molecule has 0 aliphatic carbocycles. The van der Waals surface area contributed by atoms with Crippen LogP contribution < -0.4 is 14.8 Å². The van der Waals surface area contributed by atoms with Crippen molar-refractivity contribution in [3.8, 4) is 17.6 Å². The SMILES string of the molecule is CCOc1cc(/C=C(\C#N)C(=O)Nc2c(Cl)cccc2Cl)cc(Cl)c1OCc1cccc2ccccc12. The van der Waals surface area contributed by atoms with E-state index in [1.807, 2.05) is 55.5 Å². The second-order valence-electron chi connectivity index (χ2n) is 7.91. The van der Waals surface area contributed by atoms with Crippen LogP contribution in [0.4, 0.5) is 5.69 Å². The molecule has 0 spiro atoms. The Morgan fingerprint density at radius 3 is 2.38 bits per heavy atom. The van der Waals surface area contributed by atoms with E-state index in [1.54, 1.807) is 30.3 Å². The maximum atomic E-state index is 12.8. The van der Waals surface area contributed by atoms with Crippen molar-refractivity contribution < 1.29 is 14.3 Å². The van der Waals surface area contributed by atoms with E-state index in [1.165, 1.54) is 6.08 Å². The molecule has 186 valence electrons. The number of nitrogens with zero attached hydrogens (tertiary/aromatic N) is 1. The average molecular weight is 552 g/mol. The van der Waals surface area contributed by atoms with Crippen molar-refractivity contribution >= 4 is 63.2 Å². The molecule has 0 heterocycles. The van der Waals surface area contributed by atoms with E-state index >= 15 is 0 Å². The molecule has 0 bridgehead atoms. The number of rotatable bonds is 8. The molecule has 0 radical (unpaired) electrons. The van der Waals surface area contributed by atoms with Crippen LogP contribution in [0.5, 0.6) is 11.5 Å². The van der Waals surface area contributed by atoms with Gasteiger partial charge < -0.3 is 14.8 Å². The lowest BCUT2D eigenvalue weighted by Gasteiger charge is -2.15. The minimum Gasteiger partial charge on any atom is -0.490 e. The monoisotopic (exact) mass is 550 g/mol. The Bertz CT molecular complexity index is 1520. The molecule has 4 aromatic carbocycles. The number of hydrogen-bond acceptors (Lipinski definition) is 4. The number of para-hydroxylation sites is 1. The third kappa shape index (κ3) is 6.18. The molecule has 0 atom stereocenters. The average Bonchev–Trinajstić information content (AvgIpc) is 2.89. The highest BCUT2D eigenvalue weighted by molar-refractivity contribution is 6.40. The topological polar surface area (TPSA) is 71.3 Å². The van der Waals surface area contributed by atoms with E-state index in [0.29, 0.717) is 23.7 Å². The third-order valence-corrected chi connectivity index (χ3v) is 6.37. The summed E-state index contributed by atoms with van der Waals surface area (Å²) in [5.41, 5.74) is 1.55. The Morgan fingerprint density at radius 2 is 1.65 bits per heavy atom. The summed E-state index contributed by atoms with van der Waals surface area (Å²) in [5.74, 6) is 0.107. The number of fused-ring (bicyclic) bond motifs is 1. The molecule has 0 unspecified atom stereocenters. The molecule has 0 saturated carbocycles. The van der Waals surface area contributed by atoms with Gasteiger partial charge in [0, 0.05) is 0 Å². The number of carbonyl (C=O) groups is 1. The number of hydrogen-bond donors (Lipinski definition) is 1. The number of amides is 1. The zero-order valence-corrected chi connectivity index (χ0v) is 22.0. The Hall–Kier alpha value is -3.69. The molecule has 0 aliphatic rings. The number of halogens is 3. The van der Waals surface area contributed by atoms with Gasteiger partial charge in [-0.3, -0.25) is 4.79 Å². The summed E-state index contributed by atoms with van der Waals surface area (Å²) < 4.78 is 11.9. The van der Waals surface area contributed by atoms with Crippen LogP contribution in [0, 0.1) is 11.3 Å². The fraction of sp³-hybridized carbons (Fsp3) is 0.103. The van der Waals surface area contributed by atoms with Gasteiger partial charge in [0.1, 0.15) is 18.2 Å². The molecule has 0 fully saturated rings. The van der Waals surface area contributed by atoms with E-state index < -0.39 is 5.91 Å². The number of nitrogens with one attached hydrogen (secondary N) is 1. The van der Waals surface area contributed by atoms with Gasteiger partial charge >= 0.3 is 0 Å². The van der Waals surface area contributed by atoms with Crippen LogP contribution in [0.2, 0.25) is 15.1 Å². The first-order chi connectivity index (χ1) is 17.9. The van der Waals surface area contributed by atoms with Crippen molar-refractivity contribution in [2.45, 2.75) is 13.5 Å². The van der Waals surface area contributed by atoms with Crippen molar-refractivity contribution in [1.82, 2.24) is 0 Å². The summed E-state index contributed by atoms with van der Waals surface area (Å²) in [7, 11) is 0. The van der Waals surface area contributed by atoms with Crippen LogP contribution in [0.3, 0.4) is 0 Å². The molecule has 1 amide bonds. The Morgan fingerprint density at radius 1 is 0.946 bits per heavy atom. The second kappa shape index (κ2) is 12.0. The molecule has 4 aromatic rings. The first-order valence-electron chi connectivity index (χ1n) is 11.3. The lowest BCUT2D eigenvalue weighted by molar-refractivity contribution is -0.112. The van der Waals surface area contributed by atoms with Gasteiger partial charge in [-0.15, -0.1) is 0 Å². The minimum atomic E-state index is -0.664. The van der Waals surface area contributed by atoms with Crippen molar-refractivity contribution in [3.05, 3.63) is 105 Å². The lowest BCUT2D eigenvalue weighted by atomic mass is 10.1. The van der Waals surface area contributed by atoms with E-state index in [9.17, 15) is 10.1 Å². The van der Waals surface area contributed by atoms with E-state index in [-0.39, 0.29) is 32.9 Å². The lowest BCUT2D eigenvalue weighted by Crippen LogP contribution is -2.14. The fourth-order valence-electron chi connectivity index (χ4n) is 3.76. The van der Waals surface area contributed by atoms with Gasteiger partial charge in [-0.2, -0.15) is 5.26 Å². The van der Waals surface area contributed by atoms with Crippen LogP contribution in [0.15, 0.2) is 78.4 Å². The van der Waals surface area contributed by atoms with Gasteiger partial charge in [0.25, 0.3) is 5.91 Å². The van der Waals surface area contributed by atoms with Crippen molar-refractivity contribution in [1.29, 1.82) is 5.26 Å². The highest BCUT2D eigenvalue weighted by atomic mass is 35.5. The molecule has 1 N–H and O–H groups in total. The zero-order valence-electron chi connectivity index (χ0n) is 19.7.